The Labute approximate surface area is 98.5 Å². The summed E-state index contributed by atoms with van der Waals surface area (Å²) in [6.45, 7) is 12.3. The van der Waals surface area contributed by atoms with Crippen LogP contribution in [0.3, 0.4) is 0 Å². The van der Waals surface area contributed by atoms with Crippen LogP contribution >= 0.6 is 0 Å². The minimum Gasteiger partial charge on any atom is -0.379 e. The molecule has 1 aliphatic heterocycles. The number of Topliss-reactive ketones (excluding diaryl/α,β-unsaturated/α-hetero) is 1. The number of hydrogen-bond donors (Lipinski definition) is 0. The van der Waals surface area contributed by atoms with Crippen LogP contribution in [-0.2, 0) is 9.53 Å². The summed E-state index contributed by atoms with van der Waals surface area (Å²) in [5.74, 6) is 0.191. The first-order valence-corrected chi connectivity index (χ1v) is 6.00. The molecule has 0 spiro atoms. The molecule has 1 atom stereocenters. The summed E-state index contributed by atoms with van der Waals surface area (Å²) >= 11 is 0. The minimum atomic E-state index is 0.191. The third-order valence-corrected chi connectivity index (χ3v) is 2.97. The van der Waals surface area contributed by atoms with Crippen LogP contribution in [0.4, 0.5) is 0 Å². The normalized spacial score (nSPS) is 22.0. The molecule has 0 saturated carbocycles. The van der Waals surface area contributed by atoms with Gasteiger partial charge in [0, 0.05) is 25.0 Å². The van der Waals surface area contributed by atoms with Crippen LogP contribution in [0.5, 0.6) is 0 Å². The summed E-state index contributed by atoms with van der Waals surface area (Å²) in [6.07, 6.45) is 1.55. The van der Waals surface area contributed by atoms with E-state index in [0.717, 1.165) is 13.0 Å². The SMILES string of the molecule is C=C1C[C@@H](COCCC(C)=O)N(C(C)C)C1. The third kappa shape index (κ3) is 4.06. The summed E-state index contributed by atoms with van der Waals surface area (Å²) in [7, 11) is 0. The van der Waals surface area contributed by atoms with Crippen molar-refractivity contribution in [1.82, 2.24) is 4.90 Å². The molecule has 0 unspecified atom stereocenters. The first-order valence-electron chi connectivity index (χ1n) is 6.00. The quantitative estimate of drug-likeness (QED) is 0.511. The van der Waals surface area contributed by atoms with Gasteiger partial charge >= 0.3 is 0 Å². The minimum absolute atomic E-state index is 0.191. The van der Waals surface area contributed by atoms with E-state index in [4.69, 9.17) is 4.74 Å². The average molecular weight is 225 g/mol. The van der Waals surface area contributed by atoms with Crippen LogP contribution in [0, 0.1) is 0 Å². The van der Waals surface area contributed by atoms with Crippen molar-refractivity contribution in [3.05, 3.63) is 12.2 Å². The Hall–Kier alpha value is -0.670. The zero-order valence-electron chi connectivity index (χ0n) is 10.7. The van der Waals surface area contributed by atoms with Crippen molar-refractivity contribution >= 4 is 5.78 Å². The van der Waals surface area contributed by atoms with Crippen LogP contribution in [-0.4, -0.2) is 42.5 Å². The van der Waals surface area contributed by atoms with Crippen molar-refractivity contribution in [1.29, 1.82) is 0 Å². The van der Waals surface area contributed by atoms with Crippen molar-refractivity contribution in [2.75, 3.05) is 19.8 Å². The summed E-state index contributed by atoms with van der Waals surface area (Å²) in [5.41, 5.74) is 1.29. The molecule has 0 N–H and O–H groups in total. The van der Waals surface area contributed by atoms with E-state index in [9.17, 15) is 4.79 Å². The van der Waals surface area contributed by atoms with E-state index in [-0.39, 0.29) is 5.78 Å². The fraction of sp³-hybridized carbons (Fsp3) is 0.769. The molecule has 0 aliphatic carbocycles. The third-order valence-electron chi connectivity index (χ3n) is 2.97. The molecule has 3 heteroatoms. The highest BCUT2D eigenvalue weighted by atomic mass is 16.5. The van der Waals surface area contributed by atoms with Gasteiger partial charge in [-0.15, -0.1) is 0 Å². The van der Waals surface area contributed by atoms with Gasteiger partial charge in [-0.25, -0.2) is 0 Å². The standard InChI is InChI=1S/C13H23NO2/c1-10(2)14-8-11(3)7-13(14)9-16-6-5-12(4)15/h10,13H,3,5-9H2,1-2,4H3/t13-/m0/s1. The number of likely N-dealkylation sites (tertiary alicyclic amines) is 1. The van der Waals surface area contributed by atoms with Gasteiger partial charge in [0.25, 0.3) is 0 Å². The molecule has 1 heterocycles. The highest BCUT2D eigenvalue weighted by molar-refractivity contribution is 5.75. The monoisotopic (exact) mass is 225 g/mol. The van der Waals surface area contributed by atoms with Gasteiger partial charge in [-0.05, 0) is 27.2 Å². The molecular formula is C13H23NO2. The molecule has 0 aromatic rings. The molecule has 1 rings (SSSR count). The van der Waals surface area contributed by atoms with Crippen LogP contribution in [0.2, 0.25) is 0 Å². The fourth-order valence-electron chi connectivity index (χ4n) is 2.10. The second-order valence-electron chi connectivity index (χ2n) is 4.90. The molecule has 16 heavy (non-hydrogen) atoms. The predicted molar refractivity (Wildman–Crippen MR) is 65.5 cm³/mol. The molecule has 0 aromatic carbocycles. The van der Waals surface area contributed by atoms with Crippen LogP contribution in [0.1, 0.15) is 33.6 Å². The lowest BCUT2D eigenvalue weighted by Gasteiger charge is -2.27. The Bertz CT molecular complexity index is 261. The van der Waals surface area contributed by atoms with E-state index in [0.29, 0.717) is 31.7 Å². The van der Waals surface area contributed by atoms with Crippen LogP contribution < -0.4 is 0 Å². The van der Waals surface area contributed by atoms with E-state index in [1.807, 2.05) is 0 Å². The van der Waals surface area contributed by atoms with Crippen molar-refractivity contribution in [3.63, 3.8) is 0 Å². The first-order chi connectivity index (χ1) is 7.50. The maximum Gasteiger partial charge on any atom is 0.132 e. The van der Waals surface area contributed by atoms with Gasteiger partial charge in [-0.2, -0.15) is 0 Å². The molecule has 1 aliphatic rings. The van der Waals surface area contributed by atoms with Gasteiger partial charge in [-0.1, -0.05) is 12.2 Å². The van der Waals surface area contributed by atoms with Gasteiger partial charge < -0.3 is 4.74 Å². The molecule has 3 nitrogen and oxygen atoms in total. The van der Waals surface area contributed by atoms with Crippen molar-refractivity contribution in [3.8, 4) is 0 Å². The van der Waals surface area contributed by atoms with E-state index >= 15 is 0 Å². The van der Waals surface area contributed by atoms with Gasteiger partial charge in [0.2, 0.25) is 0 Å². The summed E-state index contributed by atoms with van der Waals surface area (Å²) in [6, 6.07) is 0.972. The number of carbonyl (C=O) groups is 1. The summed E-state index contributed by atoms with van der Waals surface area (Å²) < 4.78 is 5.55. The summed E-state index contributed by atoms with van der Waals surface area (Å²) in [4.78, 5) is 13.2. The Kier molecular flexibility index (Phi) is 5.16. The zero-order chi connectivity index (χ0) is 12.1. The molecule has 0 amide bonds. The second kappa shape index (κ2) is 6.16. The van der Waals surface area contributed by atoms with Crippen LogP contribution in [0.25, 0.3) is 0 Å². The number of nitrogens with zero attached hydrogens (tertiary/aromatic N) is 1. The topological polar surface area (TPSA) is 29.5 Å². The predicted octanol–water partition coefficient (Wildman–Crippen LogP) is 2.02. The Morgan fingerprint density at radius 3 is 2.88 bits per heavy atom. The van der Waals surface area contributed by atoms with Gasteiger partial charge in [0.1, 0.15) is 5.78 Å². The maximum atomic E-state index is 10.8. The number of rotatable bonds is 6. The Morgan fingerprint density at radius 1 is 1.62 bits per heavy atom. The smallest absolute Gasteiger partial charge is 0.132 e. The van der Waals surface area contributed by atoms with E-state index < -0.39 is 0 Å². The molecular weight excluding hydrogens is 202 g/mol. The largest absolute Gasteiger partial charge is 0.379 e. The zero-order valence-corrected chi connectivity index (χ0v) is 10.7. The molecule has 0 radical (unpaired) electrons. The summed E-state index contributed by atoms with van der Waals surface area (Å²) in [5, 5.41) is 0. The highest BCUT2D eigenvalue weighted by Crippen LogP contribution is 2.23. The lowest BCUT2D eigenvalue weighted by atomic mass is 10.2. The lowest BCUT2D eigenvalue weighted by Crippen LogP contribution is -2.38. The molecule has 92 valence electrons. The Balaban J connectivity index is 2.29. The number of carbonyl (C=O) groups excluding carboxylic acids is 1. The molecule has 0 bridgehead atoms. The number of hydrogen-bond acceptors (Lipinski definition) is 3. The molecule has 0 aromatic heterocycles. The van der Waals surface area contributed by atoms with E-state index in [1.165, 1.54) is 5.57 Å². The number of ether oxygens (including phenoxy) is 1. The molecule has 1 fully saturated rings. The second-order valence-corrected chi connectivity index (χ2v) is 4.90. The van der Waals surface area contributed by atoms with Crippen molar-refractivity contribution < 1.29 is 9.53 Å². The van der Waals surface area contributed by atoms with Crippen LogP contribution in [0.15, 0.2) is 12.2 Å². The number of ketones is 1. The van der Waals surface area contributed by atoms with E-state index in [1.54, 1.807) is 6.92 Å². The van der Waals surface area contributed by atoms with E-state index in [2.05, 4.69) is 25.3 Å². The van der Waals surface area contributed by atoms with Gasteiger partial charge in [0.05, 0.1) is 13.2 Å². The van der Waals surface area contributed by atoms with Gasteiger partial charge in [-0.3, -0.25) is 9.69 Å². The van der Waals surface area contributed by atoms with Gasteiger partial charge in [0.15, 0.2) is 0 Å². The molecule has 1 saturated heterocycles. The Morgan fingerprint density at radius 2 is 2.31 bits per heavy atom. The van der Waals surface area contributed by atoms with Crippen molar-refractivity contribution in [2.45, 2.75) is 45.7 Å². The highest BCUT2D eigenvalue weighted by Gasteiger charge is 2.28. The van der Waals surface area contributed by atoms with Crippen molar-refractivity contribution in [2.24, 2.45) is 0 Å². The average Bonchev–Trinajstić information content (AvgIpc) is 2.54. The first kappa shape index (κ1) is 13.4. The maximum absolute atomic E-state index is 10.8. The fourth-order valence-corrected chi connectivity index (χ4v) is 2.10. The lowest BCUT2D eigenvalue weighted by molar-refractivity contribution is -0.118.